The molecule has 2 amide bonds. The summed E-state index contributed by atoms with van der Waals surface area (Å²) in [5.41, 5.74) is 0.853. The maximum absolute atomic E-state index is 12.6. The number of allylic oxidation sites excluding steroid dienone is 2. The van der Waals surface area contributed by atoms with Crippen LogP contribution in [0.2, 0.25) is 0 Å². The average molecular weight is 359 g/mol. The number of amides is 2. The molecule has 2 bridgehead atoms. The number of fused-ring (bicyclic) bond motifs is 1. The van der Waals surface area contributed by atoms with Crippen LogP contribution in [-0.4, -0.2) is 23.0 Å². The molecule has 5 rings (SSSR count). The minimum Gasteiger partial charge on any atom is -0.272 e. The Morgan fingerprint density at radius 2 is 1.73 bits per heavy atom. The minimum absolute atomic E-state index is 0.139. The first-order valence-electron chi connectivity index (χ1n) is 7.51. The van der Waals surface area contributed by atoms with Crippen molar-refractivity contribution in [3.8, 4) is 0 Å². The average Bonchev–Trinajstić information content (AvgIpc) is 2.80. The number of hydrogen-bond donors (Lipinski definition) is 0. The second-order valence-electron chi connectivity index (χ2n) is 6.13. The van der Waals surface area contributed by atoms with Gasteiger partial charge in [0, 0.05) is 4.47 Å². The van der Waals surface area contributed by atoms with Gasteiger partial charge in [0.25, 0.3) is 11.8 Å². The van der Waals surface area contributed by atoms with E-state index in [1.54, 1.807) is 6.21 Å². The Kier molecular flexibility index (Phi) is 3.26. The quantitative estimate of drug-likeness (QED) is 0.463. The third kappa shape index (κ3) is 2.07. The first-order chi connectivity index (χ1) is 10.6. The van der Waals surface area contributed by atoms with Gasteiger partial charge in [-0.25, -0.2) is 0 Å². The fourth-order valence-corrected chi connectivity index (χ4v) is 4.30. The summed E-state index contributed by atoms with van der Waals surface area (Å²) < 4.78 is 0.937. The molecule has 112 valence electrons. The molecule has 22 heavy (non-hydrogen) atoms. The standard InChI is InChI=1S/C17H15BrN2O2/c18-13-3-1-2-10(8-13)9-19-20-16(21)14-11-4-5-12(7-6-11)15(14)17(20)22/h1-5,8-9,11-12,14-15H,6-7H2/b19-9+. The lowest BCUT2D eigenvalue weighted by Gasteiger charge is -2.37. The molecule has 1 heterocycles. The van der Waals surface area contributed by atoms with Crippen LogP contribution in [0.1, 0.15) is 18.4 Å². The molecule has 1 aliphatic heterocycles. The molecule has 4 nitrogen and oxygen atoms in total. The number of hydrazone groups is 1. The predicted molar refractivity (Wildman–Crippen MR) is 85.9 cm³/mol. The Bertz CT molecular complexity index is 680. The number of imide groups is 1. The second-order valence-corrected chi connectivity index (χ2v) is 7.05. The van der Waals surface area contributed by atoms with Crippen LogP contribution in [0.15, 0.2) is 46.0 Å². The highest BCUT2D eigenvalue weighted by atomic mass is 79.9. The van der Waals surface area contributed by atoms with Crippen LogP contribution in [-0.2, 0) is 9.59 Å². The molecule has 1 saturated heterocycles. The van der Waals surface area contributed by atoms with Crippen LogP contribution < -0.4 is 0 Å². The summed E-state index contributed by atoms with van der Waals surface area (Å²) in [7, 11) is 0. The van der Waals surface area contributed by atoms with Gasteiger partial charge in [0.05, 0.1) is 18.1 Å². The maximum atomic E-state index is 12.6. The Labute approximate surface area is 137 Å². The molecule has 0 N–H and O–H groups in total. The number of halogens is 1. The molecule has 5 heteroatoms. The first-order valence-corrected chi connectivity index (χ1v) is 8.30. The van der Waals surface area contributed by atoms with E-state index in [1.807, 2.05) is 24.3 Å². The summed E-state index contributed by atoms with van der Waals surface area (Å²) in [5, 5.41) is 5.27. The molecule has 1 saturated carbocycles. The third-order valence-corrected chi connectivity index (χ3v) is 5.40. The normalized spacial score (nSPS) is 33.0. The van der Waals surface area contributed by atoms with E-state index in [1.165, 1.54) is 0 Å². The molecule has 4 atom stereocenters. The first kappa shape index (κ1) is 13.9. The fraction of sp³-hybridized carbons (Fsp3) is 0.353. The van der Waals surface area contributed by atoms with Crippen LogP contribution in [0.5, 0.6) is 0 Å². The number of nitrogens with zero attached hydrogens (tertiary/aromatic N) is 2. The van der Waals surface area contributed by atoms with Gasteiger partial charge in [-0.05, 0) is 42.4 Å². The van der Waals surface area contributed by atoms with Crippen molar-refractivity contribution < 1.29 is 9.59 Å². The highest BCUT2D eigenvalue weighted by Gasteiger charge is 2.56. The molecule has 1 aromatic carbocycles. The smallest absolute Gasteiger partial charge is 0.254 e. The van der Waals surface area contributed by atoms with Crippen molar-refractivity contribution in [2.45, 2.75) is 12.8 Å². The monoisotopic (exact) mass is 358 g/mol. The van der Waals surface area contributed by atoms with E-state index in [0.29, 0.717) is 0 Å². The van der Waals surface area contributed by atoms with Crippen LogP contribution >= 0.6 is 15.9 Å². The lowest BCUT2D eigenvalue weighted by Crippen LogP contribution is -2.38. The van der Waals surface area contributed by atoms with Gasteiger partial charge in [0.2, 0.25) is 0 Å². The van der Waals surface area contributed by atoms with E-state index in [-0.39, 0.29) is 35.5 Å². The van der Waals surface area contributed by atoms with Crippen molar-refractivity contribution in [3.05, 3.63) is 46.5 Å². The van der Waals surface area contributed by atoms with E-state index < -0.39 is 0 Å². The number of hydrogen-bond acceptors (Lipinski definition) is 3. The molecular weight excluding hydrogens is 344 g/mol. The number of carbonyl (C=O) groups is 2. The Morgan fingerprint density at radius 3 is 2.27 bits per heavy atom. The topological polar surface area (TPSA) is 49.7 Å². The van der Waals surface area contributed by atoms with Gasteiger partial charge in [-0.2, -0.15) is 10.1 Å². The summed E-state index contributed by atoms with van der Waals surface area (Å²) in [6.45, 7) is 0. The van der Waals surface area contributed by atoms with Crippen molar-refractivity contribution in [1.29, 1.82) is 0 Å². The molecule has 3 aliphatic carbocycles. The fourth-order valence-electron chi connectivity index (χ4n) is 3.88. The largest absolute Gasteiger partial charge is 0.272 e. The summed E-state index contributed by atoms with van der Waals surface area (Å²) in [5.74, 6) is -0.262. The Morgan fingerprint density at radius 1 is 1.09 bits per heavy atom. The third-order valence-electron chi connectivity index (χ3n) is 4.91. The van der Waals surface area contributed by atoms with Gasteiger partial charge in [-0.3, -0.25) is 9.59 Å². The summed E-state index contributed by atoms with van der Waals surface area (Å²) in [4.78, 5) is 25.2. The van der Waals surface area contributed by atoms with Crippen LogP contribution in [0.4, 0.5) is 0 Å². The van der Waals surface area contributed by atoms with Crippen LogP contribution in [0.3, 0.4) is 0 Å². The lowest BCUT2D eigenvalue weighted by atomic mass is 9.63. The van der Waals surface area contributed by atoms with E-state index in [4.69, 9.17) is 0 Å². The van der Waals surface area contributed by atoms with Gasteiger partial charge >= 0.3 is 0 Å². The SMILES string of the molecule is O=C1C2C3C=CC(CC3)C2C(=O)N1/N=C/c1cccc(Br)c1. The molecule has 0 spiro atoms. The van der Waals surface area contributed by atoms with Crippen LogP contribution in [0.25, 0.3) is 0 Å². The zero-order valence-corrected chi connectivity index (χ0v) is 13.4. The lowest BCUT2D eigenvalue weighted by molar-refractivity contribution is -0.140. The summed E-state index contributed by atoms with van der Waals surface area (Å²) in [6, 6.07) is 7.59. The highest BCUT2D eigenvalue weighted by molar-refractivity contribution is 9.10. The van der Waals surface area contributed by atoms with E-state index in [9.17, 15) is 9.59 Å². The highest BCUT2D eigenvalue weighted by Crippen LogP contribution is 2.49. The molecule has 2 fully saturated rings. The molecule has 0 radical (unpaired) electrons. The predicted octanol–water partition coefficient (Wildman–Crippen LogP) is 2.98. The Hall–Kier alpha value is -1.75. The number of carbonyl (C=O) groups excluding carboxylic acids is 2. The van der Waals surface area contributed by atoms with Crippen molar-refractivity contribution in [2.24, 2.45) is 28.8 Å². The van der Waals surface area contributed by atoms with Crippen molar-refractivity contribution in [2.75, 3.05) is 0 Å². The van der Waals surface area contributed by atoms with E-state index in [0.717, 1.165) is 27.9 Å². The minimum atomic E-state index is -0.198. The zero-order valence-electron chi connectivity index (χ0n) is 11.9. The zero-order chi connectivity index (χ0) is 15.3. The molecule has 1 aromatic rings. The number of rotatable bonds is 2. The van der Waals surface area contributed by atoms with E-state index in [2.05, 4.69) is 33.2 Å². The molecule has 0 aromatic heterocycles. The van der Waals surface area contributed by atoms with Crippen molar-refractivity contribution in [1.82, 2.24) is 5.01 Å². The van der Waals surface area contributed by atoms with Crippen molar-refractivity contribution >= 4 is 34.0 Å². The van der Waals surface area contributed by atoms with E-state index >= 15 is 0 Å². The summed E-state index contributed by atoms with van der Waals surface area (Å²) in [6.07, 6.45) is 7.81. The van der Waals surface area contributed by atoms with Crippen molar-refractivity contribution in [3.63, 3.8) is 0 Å². The van der Waals surface area contributed by atoms with Gasteiger partial charge in [0.15, 0.2) is 0 Å². The summed E-state index contributed by atoms with van der Waals surface area (Å²) >= 11 is 3.40. The Balaban J connectivity index is 1.61. The number of benzene rings is 1. The maximum Gasteiger partial charge on any atom is 0.254 e. The molecule has 4 aliphatic rings. The van der Waals surface area contributed by atoms with Gasteiger partial charge in [-0.1, -0.05) is 40.2 Å². The molecular formula is C17H15BrN2O2. The van der Waals surface area contributed by atoms with Gasteiger partial charge in [0.1, 0.15) is 0 Å². The second kappa shape index (κ2) is 5.16. The van der Waals surface area contributed by atoms with Crippen LogP contribution in [0, 0.1) is 23.7 Å². The van der Waals surface area contributed by atoms with Gasteiger partial charge < -0.3 is 0 Å². The molecule has 4 unspecified atom stereocenters. The van der Waals surface area contributed by atoms with Gasteiger partial charge in [-0.15, -0.1) is 0 Å².